The molecule has 8 heteroatoms. The highest BCUT2D eigenvalue weighted by Crippen LogP contribution is 2.12. The topological polar surface area (TPSA) is 86.0 Å². The van der Waals surface area contributed by atoms with Gasteiger partial charge in [0, 0.05) is 25.6 Å². The third kappa shape index (κ3) is 4.46. The maximum Gasteiger partial charge on any atom is 0.228 e. The molecule has 0 unspecified atom stereocenters. The summed E-state index contributed by atoms with van der Waals surface area (Å²) >= 11 is 5.92. The first kappa shape index (κ1) is 13.7. The highest BCUT2D eigenvalue weighted by molar-refractivity contribution is 6.29. The van der Waals surface area contributed by atoms with Gasteiger partial charge in [0.05, 0.1) is 0 Å². The van der Waals surface area contributed by atoms with E-state index in [-0.39, 0.29) is 0 Å². The Labute approximate surface area is 115 Å². The molecule has 2 aromatic rings. The lowest BCUT2D eigenvalue weighted by molar-refractivity contribution is 0.128. The van der Waals surface area contributed by atoms with E-state index in [1.54, 1.807) is 6.07 Å². The standard InChI is InChI=1S/C11H14ClN5O2/c1-2-18-6-10-16-8(12)5-9(17-10)13-4-3-11-14-7-15-19-11/h5,7H,2-4,6H2,1H3,(H,13,16,17). The van der Waals surface area contributed by atoms with Gasteiger partial charge in [0.15, 0.2) is 12.2 Å². The van der Waals surface area contributed by atoms with Gasteiger partial charge in [-0.15, -0.1) is 0 Å². The average Bonchev–Trinajstić information content (AvgIpc) is 2.89. The summed E-state index contributed by atoms with van der Waals surface area (Å²) in [6.45, 7) is 3.48. The van der Waals surface area contributed by atoms with Gasteiger partial charge in [0.2, 0.25) is 5.89 Å². The van der Waals surface area contributed by atoms with Gasteiger partial charge in [-0.3, -0.25) is 0 Å². The van der Waals surface area contributed by atoms with Crippen LogP contribution in [0.3, 0.4) is 0 Å². The maximum absolute atomic E-state index is 5.92. The number of nitrogens with one attached hydrogen (secondary N) is 1. The Morgan fingerprint density at radius 2 is 2.32 bits per heavy atom. The molecule has 0 amide bonds. The fraction of sp³-hybridized carbons (Fsp3) is 0.455. The Morgan fingerprint density at radius 1 is 1.42 bits per heavy atom. The third-order valence-electron chi connectivity index (χ3n) is 2.23. The minimum Gasteiger partial charge on any atom is -0.374 e. The summed E-state index contributed by atoms with van der Waals surface area (Å²) in [6.07, 6.45) is 1.99. The number of hydrogen-bond acceptors (Lipinski definition) is 7. The number of aromatic nitrogens is 4. The fourth-order valence-corrected chi connectivity index (χ4v) is 1.62. The van der Waals surface area contributed by atoms with Crippen LogP contribution in [0.2, 0.25) is 5.15 Å². The van der Waals surface area contributed by atoms with Crippen LogP contribution in [0.15, 0.2) is 16.9 Å². The highest BCUT2D eigenvalue weighted by atomic mass is 35.5. The van der Waals surface area contributed by atoms with Gasteiger partial charge in [-0.2, -0.15) is 4.98 Å². The van der Waals surface area contributed by atoms with E-state index in [2.05, 4.69) is 25.4 Å². The fourth-order valence-electron chi connectivity index (χ4n) is 1.42. The maximum atomic E-state index is 5.92. The third-order valence-corrected chi connectivity index (χ3v) is 2.42. The van der Waals surface area contributed by atoms with Crippen LogP contribution in [0.5, 0.6) is 0 Å². The SMILES string of the molecule is CCOCc1nc(Cl)cc(NCCc2ncno2)n1. The second-order valence-corrected chi connectivity index (χ2v) is 4.03. The molecule has 2 rings (SSSR count). The normalized spacial score (nSPS) is 10.6. The van der Waals surface area contributed by atoms with Crippen molar-refractivity contribution in [2.45, 2.75) is 20.0 Å². The van der Waals surface area contributed by atoms with E-state index in [1.165, 1.54) is 6.33 Å². The Hall–Kier alpha value is -1.73. The van der Waals surface area contributed by atoms with Crippen LogP contribution in [-0.4, -0.2) is 33.3 Å². The summed E-state index contributed by atoms with van der Waals surface area (Å²) in [4.78, 5) is 12.3. The zero-order valence-corrected chi connectivity index (χ0v) is 11.2. The number of halogens is 1. The van der Waals surface area contributed by atoms with E-state index >= 15 is 0 Å². The van der Waals surface area contributed by atoms with Crippen LogP contribution in [0, 0.1) is 0 Å². The van der Waals surface area contributed by atoms with Gasteiger partial charge >= 0.3 is 0 Å². The molecule has 0 saturated heterocycles. The quantitative estimate of drug-likeness (QED) is 0.774. The number of nitrogens with zero attached hydrogens (tertiary/aromatic N) is 4. The molecule has 0 aliphatic rings. The van der Waals surface area contributed by atoms with Crippen molar-refractivity contribution in [1.29, 1.82) is 0 Å². The van der Waals surface area contributed by atoms with Gasteiger partial charge in [0.25, 0.3) is 0 Å². The van der Waals surface area contributed by atoms with Crippen LogP contribution in [0.4, 0.5) is 5.82 Å². The smallest absolute Gasteiger partial charge is 0.228 e. The van der Waals surface area contributed by atoms with Crippen LogP contribution < -0.4 is 5.32 Å². The zero-order valence-electron chi connectivity index (χ0n) is 10.5. The van der Waals surface area contributed by atoms with E-state index in [0.29, 0.717) is 48.9 Å². The first-order chi connectivity index (χ1) is 9.28. The molecule has 0 fully saturated rings. The number of hydrogen-bond donors (Lipinski definition) is 1. The lowest BCUT2D eigenvalue weighted by Crippen LogP contribution is -2.09. The van der Waals surface area contributed by atoms with Crippen LogP contribution in [-0.2, 0) is 17.8 Å². The van der Waals surface area contributed by atoms with E-state index in [0.717, 1.165) is 0 Å². The van der Waals surface area contributed by atoms with Crippen molar-refractivity contribution in [3.8, 4) is 0 Å². The summed E-state index contributed by atoms with van der Waals surface area (Å²) in [5.41, 5.74) is 0. The molecule has 1 N–H and O–H groups in total. The molecule has 2 heterocycles. The molecular formula is C11H14ClN5O2. The average molecular weight is 284 g/mol. The summed E-state index contributed by atoms with van der Waals surface area (Å²) in [7, 11) is 0. The number of ether oxygens (including phenoxy) is 1. The lowest BCUT2D eigenvalue weighted by atomic mass is 10.4. The second kappa shape index (κ2) is 7.01. The highest BCUT2D eigenvalue weighted by Gasteiger charge is 2.04. The van der Waals surface area contributed by atoms with Crippen molar-refractivity contribution in [3.63, 3.8) is 0 Å². The predicted octanol–water partition coefficient (Wildman–Crippen LogP) is 1.70. The molecule has 0 aliphatic carbocycles. The molecule has 0 saturated carbocycles. The molecule has 2 aromatic heterocycles. The minimum atomic E-state index is 0.343. The molecule has 102 valence electrons. The van der Waals surface area contributed by atoms with E-state index in [9.17, 15) is 0 Å². The summed E-state index contributed by atoms with van der Waals surface area (Å²) in [5.74, 6) is 1.77. The second-order valence-electron chi connectivity index (χ2n) is 3.64. The van der Waals surface area contributed by atoms with Crippen molar-refractivity contribution < 1.29 is 9.26 Å². The Bertz CT molecular complexity index is 506. The molecule has 7 nitrogen and oxygen atoms in total. The molecule has 0 radical (unpaired) electrons. The van der Waals surface area contributed by atoms with Gasteiger partial charge in [-0.05, 0) is 6.92 Å². The van der Waals surface area contributed by atoms with Crippen molar-refractivity contribution >= 4 is 17.4 Å². The lowest BCUT2D eigenvalue weighted by Gasteiger charge is -2.07. The monoisotopic (exact) mass is 283 g/mol. The Kier molecular flexibility index (Phi) is 5.05. The van der Waals surface area contributed by atoms with E-state index in [4.69, 9.17) is 20.9 Å². The van der Waals surface area contributed by atoms with Crippen molar-refractivity contribution in [1.82, 2.24) is 20.1 Å². The number of anilines is 1. The molecule has 0 aromatic carbocycles. The summed E-state index contributed by atoms with van der Waals surface area (Å²) < 4.78 is 10.1. The van der Waals surface area contributed by atoms with E-state index < -0.39 is 0 Å². The van der Waals surface area contributed by atoms with Crippen LogP contribution in [0.1, 0.15) is 18.6 Å². The van der Waals surface area contributed by atoms with Gasteiger partial charge in [0.1, 0.15) is 17.6 Å². The van der Waals surface area contributed by atoms with Crippen molar-refractivity contribution in [2.24, 2.45) is 0 Å². The zero-order chi connectivity index (χ0) is 13.5. The van der Waals surface area contributed by atoms with Crippen LogP contribution >= 0.6 is 11.6 Å². The molecule has 0 aliphatic heterocycles. The Balaban J connectivity index is 1.90. The van der Waals surface area contributed by atoms with Crippen molar-refractivity contribution in [2.75, 3.05) is 18.5 Å². The first-order valence-electron chi connectivity index (χ1n) is 5.88. The Morgan fingerprint density at radius 3 is 3.05 bits per heavy atom. The summed E-state index contributed by atoms with van der Waals surface area (Å²) in [6, 6.07) is 1.66. The van der Waals surface area contributed by atoms with Gasteiger partial charge in [-0.1, -0.05) is 16.8 Å². The molecular weight excluding hydrogens is 270 g/mol. The van der Waals surface area contributed by atoms with Crippen molar-refractivity contribution in [3.05, 3.63) is 29.3 Å². The summed E-state index contributed by atoms with van der Waals surface area (Å²) in [5, 5.41) is 7.03. The number of rotatable bonds is 7. The molecule has 0 atom stereocenters. The predicted molar refractivity (Wildman–Crippen MR) is 68.9 cm³/mol. The van der Waals surface area contributed by atoms with Gasteiger partial charge < -0.3 is 14.6 Å². The molecule has 19 heavy (non-hydrogen) atoms. The first-order valence-corrected chi connectivity index (χ1v) is 6.26. The molecule has 0 bridgehead atoms. The van der Waals surface area contributed by atoms with Crippen LogP contribution in [0.25, 0.3) is 0 Å². The van der Waals surface area contributed by atoms with E-state index in [1.807, 2.05) is 6.92 Å². The molecule has 0 spiro atoms. The largest absolute Gasteiger partial charge is 0.374 e. The minimum absolute atomic E-state index is 0.343. The van der Waals surface area contributed by atoms with Gasteiger partial charge in [-0.25, -0.2) is 9.97 Å².